The van der Waals surface area contributed by atoms with Gasteiger partial charge in [0.25, 0.3) is 0 Å². The molecule has 2 amide bonds. The minimum atomic E-state index is 0.0721. The Morgan fingerprint density at radius 3 is 3.09 bits per heavy atom. The summed E-state index contributed by atoms with van der Waals surface area (Å²) in [6, 6.07) is 6.14. The van der Waals surface area contributed by atoms with Crippen molar-refractivity contribution in [2.45, 2.75) is 51.9 Å². The smallest absolute Gasteiger partial charge is 0.228 e. The molecule has 1 saturated heterocycles. The molecular formula is C19H26N2O2. The fraction of sp³-hybridized carbons (Fsp3) is 0.579. The number of carbonyl (C=O) groups excluding carboxylic acids is 2. The number of likely N-dealkylation sites (tertiary alicyclic amines) is 1. The fourth-order valence-electron chi connectivity index (χ4n) is 3.66. The summed E-state index contributed by atoms with van der Waals surface area (Å²) < 4.78 is 0. The SMILES string of the molecule is CCC1CCCN(C(=O)CCCc2ccc3c(c2)CC(=O)N3)C1. The molecule has 1 unspecified atom stereocenters. The fourth-order valence-corrected chi connectivity index (χ4v) is 3.66. The maximum atomic E-state index is 12.4. The van der Waals surface area contributed by atoms with E-state index in [0.717, 1.165) is 43.6 Å². The number of aryl methyl sites for hydroxylation is 1. The first-order valence-electron chi connectivity index (χ1n) is 8.85. The highest BCUT2D eigenvalue weighted by atomic mass is 16.2. The third-order valence-electron chi connectivity index (χ3n) is 5.10. The Hall–Kier alpha value is -1.84. The molecule has 2 aliphatic rings. The molecule has 3 rings (SSSR count). The minimum absolute atomic E-state index is 0.0721. The van der Waals surface area contributed by atoms with Crippen molar-refractivity contribution in [3.63, 3.8) is 0 Å². The minimum Gasteiger partial charge on any atom is -0.342 e. The predicted octanol–water partition coefficient (Wildman–Crippen LogP) is 3.15. The van der Waals surface area contributed by atoms with Gasteiger partial charge in [0, 0.05) is 25.2 Å². The largest absolute Gasteiger partial charge is 0.342 e. The number of carbonyl (C=O) groups is 2. The Balaban J connectivity index is 1.47. The van der Waals surface area contributed by atoms with Gasteiger partial charge in [-0.3, -0.25) is 9.59 Å². The number of anilines is 1. The van der Waals surface area contributed by atoms with Crippen molar-refractivity contribution in [1.29, 1.82) is 0 Å². The molecule has 124 valence electrons. The van der Waals surface area contributed by atoms with Crippen LogP contribution in [0.3, 0.4) is 0 Å². The molecule has 4 nitrogen and oxygen atoms in total. The van der Waals surface area contributed by atoms with Gasteiger partial charge < -0.3 is 10.2 Å². The third kappa shape index (κ3) is 3.92. The summed E-state index contributed by atoms with van der Waals surface area (Å²) in [7, 11) is 0. The number of amides is 2. The molecule has 0 spiro atoms. The Kier molecular flexibility index (Phi) is 4.99. The maximum Gasteiger partial charge on any atom is 0.228 e. The van der Waals surface area contributed by atoms with E-state index in [0.29, 0.717) is 24.7 Å². The molecule has 0 aromatic heterocycles. The van der Waals surface area contributed by atoms with Crippen LogP contribution in [-0.4, -0.2) is 29.8 Å². The molecule has 0 bridgehead atoms. The lowest BCUT2D eigenvalue weighted by Gasteiger charge is -2.32. The summed E-state index contributed by atoms with van der Waals surface area (Å²) in [6.45, 7) is 4.09. The van der Waals surface area contributed by atoms with E-state index in [2.05, 4.69) is 29.3 Å². The molecule has 2 heterocycles. The summed E-state index contributed by atoms with van der Waals surface area (Å²) in [4.78, 5) is 25.8. The summed E-state index contributed by atoms with van der Waals surface area (Å²) in [6.07, 6.45) is 6.48. The van der Waals surface area contributed by atoms with Gasteiger partial charge in [0.2, 0.25) is 11.8 Å². The standard InChI is InChI=1S/C19H26N2O2/c1-2-14-6-4-10-21(13-14)19(23)7-3-5-15-8-9-17-16(11-15)12-18(22)20-17/h8-9,11,14H,2-7,10,12-13H2,1H3,(H,20,22). The van der Waals surface area contributed by atoms with Crippen LogP contribution in [0.25, 0.3) is 0 Å². The summed E-state index contributed by atoms with van der Waals surface area (Å²) >= 11 is 0. The molecule has 0 radical (unpaired) electrons. The highest BCUT2D eigenvalue weighted by Gasteiger charge is 2.22. The number of hydrogen-bond donors (Lipinski definition) is 1. The number of nitrogens with one attached hydrogen (secondary N) is 1. The first-order chi connectivity index (χ1) is 11.2. The van der Waals surface area contributed by atoms with Crippen LogP contribution in [0, 0.1) is 5.92 Å². The molecular weight excluding hydrogens is 288 g/mol. The maximum absolute atomic E-state index is 12.4. The lowest BCUT2D eigenvalue weighted by atomic mass is 9.95. The van der Waals surface area contributed by atoms with Crippen LogP contribution in [0.5, 0.6) is 0 Å². The van der Waals surface area contributed by atoms with Crippen molar-refractivity contribution < 1.29 is 9.59 Å². The van der Waals surface area contributed by atoms with Gasteiger partial charge >= 0.3 is 0 Å². The predicted molar refractivity (Wildman–Crippen MR) is 91.3 cm³/mol. The molecule has 1 aromatic carbocycles. The van der Waals surface area contributed by atoms with Crippen molar-refractivity contribution in [2.75, 3.05) is 18.4 Å². The van der Waals surface area contributed by atoms with Crippen molar-refractivity contribution in [1.82, 2.24) is 4.90 Å². The average Bonchev–Trinajstić information content (AvgIpc) is 2.94. The normalized spacial score (nSPS) is 20.3. The van der Waals surface area contributed by atoms with Gasteiger partial charge in [0.1, 0.15) is 0 Å². The summed E-state index contributed by atoms with van der Waals surface area (Å²) in [5.41, 5.74) is 3.24. The number of hydrogen-bond acceptors (Lipinski definition) is 2. The van der Waals surface area contributed by atoms with Gasteiger partial charge in [-0.2, -0.15) is 0 Å². The zero-order valence-electron chi connectivity index (χ0n) is 13.9. The van der Waals surface area contributed by atoms with Crippen LogP contribution in [0.15, 0.2) is 18.2 Å². The number of fused-ring (bicyclic) bond motifs is 1. The highest BCUT2D eigenvalue weighted by Crippen LogP contribution is 2.25. The van der Waals surface area contributed by atoms with Crippen LogP contribution in [-0.2, 0) is 22.4 Å². The van der Waals surface area contributed by atoms with Gasteiger partial charge in [0.15, 0.2) is 0 Å². The second-order valence-corrected chi connectivity index (χ2v) is 6.83. The van der Waals surface area contributed by atoms with Gasteiger partial charge in [-0.1, -0.05) is 25.5 Å². The van der Waals surface area contributed by atoms with Gasteiger partial charge in [0.05, 0.1) is 6.42 Å². The Morgan fingerprint density at radius 1 is 1.39 bits per heavy atom. The van der Waals surface area contributed by atoms with E-state index in [4.69, 9.17) is 0 Å². The van der Waals surface area contributed by atoms with Gasteiger partial charge in [-0.15, -0.1) is 0 Å². The summed E-state index contributed by atoms with van der Waals surface area (Å²) in [5, 5.41) is 2.85. The van der Waals surface area contributed by atoms with E-state index in [9.17, 15) is 9.59 Å². The molecule has 1 aromatic rings. The number of benzene rings is 1. The van der Waals surface area contributed by atoms with E-state index in [1.165, 1.54) is 18.4 Å². The first-order valence-corrected chi connectivity index (χ1v) is 8.85. The number of nitrogens with zero attached hydrogens (tertiary/aromatic N) is 1. The summed E-state index contributed by atoms with van der Waals surface area (Å²) in [5.74, 6) is 1.07. The van der Waals surface area contributed by atoms with E-state index in [1.807, 2.05) is 6.07 Å². The van der Waals surface area contributed by atoms with Gasteiger partial charge in [-0.05, 0) is 48.8 Å². The molecule has 0 aliphatic carbocycles. The van der Waals surface area contributed by atoms with Gasteiger partial charge in [-0.25, -0.2) is 0 Å². The van der Waals surface area contributed by atoms with Crippen molar-refractivity contribution in [3.05, 3.63) is 29.3 Å². The second kappa shape index (κ2) is 7.16. The zero-order chi connectivity index (χ0) is 16.2. The van der Waals surface area contributed by atoms with Crippen molar-refractivity contribution in [2.24, 2.45) is 5.92 Å². The zero-order valence-corrected chi connectivity index (χ0v) is 13.9. The third-order valence-corrected chi connectivity index (χ3v) is 5.10. The molecule has 1 atom stereocenters. The van der Waals surface area contributed by atoms with Crippen LogP contribution in [0.2, 0.25) is 0 Å². The molecule has 2 aliphatic heterocycles. The number of rotatable bonds is 5. The average molecular weight is 314 g/mol. The molecule has 4 heteroatoms. The van der Waals surface area contributed by atoms with Crippen LogP contribution >= 0.6 is 0 Å². The molecule has 1 N–H and O–H groups in total. The topological polar surface area (TPSA) is 49.4 Å². The Morgan fingerprint density at radius 2 is 2.26 bits per heavy atom. The van der Waals surface area contributed by atoms with Crippen LogP contribution in [0.1, 0.15) is 50.2 Å². The van der Waals surface area contributed by atoms with E-state index < -0.39 is 0 Å². The van der Waals surface area contributed by atoms with Crippen LogP contribution in [0.4, 0.5) is 5.69 Å². The monoisotopic (exact) mass is 314 g/mol. The van der Waals surface area contributed by atoms with E-state index >= 15 is 0 Å². The van der Waals surface area contributed by atoms with Crippen molar-refractivity contribution >= 4 is 17.5 Å². The quantitative estimate of drug-likeness (QED) is 0.907. The number of piperidine rings is 1. The Labute approximate surface area is 138 Å². The second-order valence-electron chi connectivity index (χ2n) is 6.83. The molecule has 1 fully saturated rings. The van der Waals surface area contributed by atoms with Crippen LogP contribution < -0.4 is 5.32 Å². The van der Waals surface area contributed by atoms with E-state index in [1.54, 1.807) is 0 Å². The van der Waals surface area contributed by atoms with Crippen molar-refractivity contribution in [3.8, 4) is 0 Å². The van der Waals surface area contributed by atoms with E-state index in [-0.39, 0.29) is 5.91 Å². The molecule has 0 saturated carbocycles. The molecule has 23 heavy (non-hydrogen) atoms. The lowest BCUT2D eigenvalue weighted by molar-refractivity contribution is -0.133. The first kappa shape index (κ1) is 16.0. The lowest BCUT2D eigenvalue weighted by Crippen LogP contribution is -2.39. The Bertz CT molecular complexity index is 597. The highest BCUT2D eigenvalue weighted by molar-refractivity contribution is 5.99.